The molecular weight excluding hydrogens is 464 g/mol. The lowest BCUT2D eigenvalue weighted by atomic mass is 9.96. The predicted octanol–water partition coefficient (Wildman–Crippen LogP) is 3.59. The minimum atomic E-state index is -0.668. The maximum Gasteiger partial charge on any atom is 0.338 e. The minimum Gasteiger partial charge on any atom is -0.496 e. The first-order valence-corrected chi connectivity index (χ1v) is 12.2. The quantitative estimate of drug-likeness (QED) is 0.471. The van der Waals surface area contributed by atoms with Crippen LogP contribution in [0.1, 0.15) is 44.9 Å². The number of thiazole rings is 1. The van der Waals surface area contributed by atoms with Gasteiger partial charge in [0.1, 0.15) is 11.5 Å². The van der Waals surface area contributed by atoms with Crippen LogP contribution in [0.5, 0.6) is 11.5 Å². The number of rotatable bonds is 7. The Balaban J connectivity index is 1.91. The molecule has 1 aromatic heterocycles. The Morgan fingerprint density at radius 1 is 1.17 bits per heavy atom. The van der Waals surface area contributed by atoms with Gasteiger partial charge >= 0.3 is 5.97 Å². The lowest BCUT2D eigenvalue weighted by Crippen LogP contribution is -2.39. The third-order valence-corrected chi connectivity index (χ3v) is 6.49. The third-order valence-electron chi connectivity index (χ3n) is 5.51. The molecule has 0 N–H and O–H groups in total. The number of hydrogen-bond acceptors (Lipinski definition) is 7. The lowest BCUT2D eigenvalue weighted by molar-refractivity contribution is -0.139. The SMILES string of the molecule is CCOC(=O)C1=C(C)N=c2s/c(=C/c3ccccc3OC)c(=O)n2[C@H]1c1ccc(OC(C)C)cc1. The number of nitrogens with zero attached hydrogens (tertiary/aromatic N) is 2. The number of aromatic nitrogens is 1. The maximum atomic E-state index is 13.7. The molecule has 0 amide bonds. The summed E-state index contributed by atoms with van der Waals surface area (Å²) in [5, 5.41) is 0. The van der Waals surface area contributed by atoms with Gasteiger partial charge in [0.15, 0.2) is 4.80 Å². The number of benzene rings is 2. The van der Waals surface area contributed by atoms with Crippen molar-refractivity contribution >= 4 is 23.4 Å². The Labute approximate surface area is 207 Å². The van der Waals surface area contributed by atoms with Gasteiger partial charge in [-0.25, -0.2) is 9.79 Å². The number of fused-ring (bicyclic) bond motifs is 1. The average molecular weight is 493 g/mol. The van der Waals surface area contributed by atoms with Crippen LogP contribution in [-0.2, 0) is 9.53 Å². The standard InChI is InChI=1S/C27H28N2O5S/c1-6-33-26(31)23-17(4)28-27-29(24(23)18-11-13-20(14-12-18)34-16(2)3)25(30)22(35-27)15-19-9-7-8-10-21(19)32-5/h7-16,24H,6H2,1-5H3/b22-15+/t24-/m0/s1. The van der Waals surface area contributed by atoms with Crippen LogP contribution in [0, 0.1) is 0 Å². The van der Waals surface area contributed by atoms with E-state index in [1.54, 1.807) is 31.6 Å². The smallest absolute Gasteiger partial charge is 0.338 e. The highest BCUT2D eigenvalue weighted by Gasteiger charge is 2.33. The van der Waals surface area contributed by atoms with Crippen molar-refractivity contribution in [2.24, 2.45) is 4.99 Å². The van der Waals surface area contributed by atoms with Crippen molar-refractivity contribution in [1.29, 1.82) is 0 Å². The molecule has 1 atom stereocenters. The molecule has 1 aliphatic heterocycles. The molecule has 7 nitrogen and oxygen atoms in total. The highest BCUT2D eigenvalue weighted by Crippen LogP contribution is 2.31. The van der Waals surface area contributed by atoms with E-state index in [0.29, 0.717) is 32.1 Å². The van der Waals surface area contributed by atoms with Gasteiger partial charge in [0, 0.05) is 5.56 Å². The van der Waals surface area contributed by atoms with Gasteiger partial charge < -0.3 is 14.2 Å². The number of methoxy groups -OCH3 is 1. The molecule has 2 aromatic carbocycles. The van der Waals surface area contributed by atoms with Crippen molar-refractivity contribution < 1.29 is 19.0 Å². The number of ether oxygens (including phenoxy) is 3. The van der Waals surface area contributed by atoms with Gasteiger partial charge in [0.2, 0.25) is 0 Å². The summed E-state index contributed by atoms with van der Waals surface area (Å²) in [5.41, 5.74) is 2.19. The van der Waals surface area contributed by atoms with Crippen molar-refractivity contribution in [3.63, 3.8) is 0 Å². The molecule has 0 saturated heterocycles. The fourth-order valence-corrected chi connectivity index (χ4v) is 5.07. The second-order valence-corrected chi connectivity index (χ2v) is 9.29. The molecule has 0 saturated carbocycles. The summed E-state index contributed by atoms with van der Waals surface area (Å²) in [6.45, 7) is 7.66. The summed E-state index contributed by atoms with van der Waals surface area (Å²) in [6.07, 6.45) is 1.83. The van der Waals surface area contributed by atoms with Crippen LogP contribution in [0.25, 0.3) is 6.08 Å². The van der Waals surface area contributed by atoms with Crippen molar-refractivity contribution in [3.8, 4) is 11.5 Å². The normalized spacial score (nSPS) is 15.6. The molecule has 0 fully saturated rings. The number of para-hydroxylation sites is 1. The molecule has 0 bridgehead atoms. The van der Waals surface area contributed by atoms with Crippen LogP contribution in [0.4, 0.5) is 0 Å². The Morgan fingerprint density at radius 3 is 2.54 bits per heavy atom. The van der Waals surface area contributed by atoms with Crippen LogP contribution in [0.2, 0.25) is 0 Å². The van der Waals surface area contributed by atoms with Gasteiger partial charge in [-0.3, -0.25) is 9.36 Å². The van der Waals surface area contributed by atoms with Gasteiger partial charge in [0.25, 0.3) is 5.56 Å². The fraction of sp³-hybridized carbons (Fsp3) is 0.296. The first-order valence-electron chi connectivity index (χ1n) is 11.4. The number of allylic oxidation sites excluding steroid dienone is 1. The monoisotopic (exact) mass is 492 g/mol. The first-order chi connectivity index (χ1) is 16.8. The number of esters is 1. The molecule has 3 aromatic rings. The largest absolute Gasteiger partial charge is 0.496 e. The van der Waals surface area contributed by atoms with Crippen molar-refractivity contribution in [2.75, 3.05) is 13.7 Å². The second kappa shape index (κ2) is 10.3. The van der Waals surface area contributed by atoms with Crippen LogP contribution < -0.4 is 24.4 Å². The minimum absolute atomic E-state index is 0.0331. The Morgan fingerprint density at radius 2 is 1.89 bits per heavy atom. The van der Waals surface area contributed by atoms with Crippen molar-refractivity contribution in [1.82, 2.24) is 4.57 Å². The highest BCUT2D eigenvalue weighted by atomic mass is 32.1. The molecule has 1 aliphatic rings. The Kier molecular flexibility index (Phi) is 7.21. The second-order valence-electron chi connectivity index (χ2n) is 8.28. The summed E-state index contributed by atoms with van der Waals surface area (Å²) in [6, 6.07) is 14.3. The van der Waals surface area contributed by atoms with E-state index in [0.717, 1.165) is 11.1 Å². The molecule has 0 spiro atoms. The van der Waals surface area contributed by atoms with Gasteiger partial charge in [-0.1, -0.05) is 41.7 Å². The van der Waals surface area contributed by atoms with E-state index in [4.69, 9.17) is 14.2 Å². The molecule has 4 rings (SSSR count). The predicted molar refractivity (Wildman–Crippen MR) is 136 cm³/mol. The number of carbonyl (C=O) groups is 1. The topological polar surface area (TPSA) is 79.1 Å². The number of carbonyl (C=O) groups excluding carboxylic acids is 1. The summed E-state index contributed by atoms with van der Waals surface area (Å²) in [4.78, 5) is 31.8. The van der Waals surface area contributed by atoms with Crippen LogP contribution in [-0.4, -0.2) is 30.4 Å². The van der Waals surface area contributed by atoms with Crippen LogP contribution in [0.15, 0.2) is 69.6 Å². The van der Waals surface area contributed by atoms with Crippen molar-refractivity contribution in [2.45, 2.75) is 39.8 Å². The van der Waals surface area contributed by atoms with Crippen LogP contribution >= 0.6 is 11.3 Å². The third kappa shape index (κ3) is 4.93. The van der Waals surface area contributed by atoms with E-state index in [2.05, 4.69) is 4.99 Å². The molecule has 8 heteroatoms. The molecule has 0 aliphatic carbocycles. The lowest BCUT2D eigenvalue weighted by Gasteiger charge is -2.25. The molecule has 182 valence electrons. The summed E-state index contributed by atoms with van der Waals surface area (Å²) in [7, 11) is 1.59. The Bertz CT molecular complexity index is 1450. The van der Waals surface area contributed by atoms with Gasteiger partial charge in [0.05, 0.1) is 41.7 Å². The van der Waals surface area contributed by atoms with E-state index < -0.39 is 12.0 Å². The van der Waals surface area contributed by atoms with Gasteiger partial charge in [-0.2, -0.15) is 0 Å². The molecular formula is C27H28N2O5S. The molecule has 2 heterocycles. The van der Waals surface area contributed by atoms with E-state index >= 15 is 0 Å². The zero-order chi connectivity index (χ0) is 25.1. The highest BCUT2D eigenvalue weighted by molar-refractivity contribution is 7.07. The zero-order valence-corrected chi connectivity index (χ0v) is 21.2. The average Bonchev–Trinajstić information content (AvgIpc) is 3.13. The maximum absolute atomic E-state index is 13.7. The summed E-state index contributed by atoms with van der Waals surface area (Å²) in [5.74, 6) is 0.894. The van der Waals surface area contributed by atoms with Gasteiger partial charge in [-0.05, 0) is 57.5 Å². The van der Waals surface area contributed by atoms with Crippen LogP contribution in [0.3, 0.4) is 0 Å². The Hall–Kier alpha value is -3.65. The van der Waals surface area contributed by atoms with E-state index in [-0.39, 0.29) is 18.3 Å². The zero-order valence-electron chi connectivity index (χ0n) is 20.4. The molecule has 0 unspecified atom stereocenters. The number of hydrogen-bond donors (Lipinski definition) is 0. The fourth-order valence-electron chi connectivity index (χ4n) is 4.03. The molecule has 0 radical (unpaired) electrons. The van der Waals surface area contributed by atoms with E-state index in [1.807, 2.05) is 62.4 Å². The van der Waals surface area contributed by atoms with Gasteiger partial charge in [-0.15, -0.1) is 0 Å². The molecule has 35 heavy (non-hydrogen) atoms. The van der Waals surface area contributed by atoms with E-state index in [9.17, 15) is 9.59 Å². The summed E-state index contributed by atoms with van der Waals surface area (Å²) >= 11 is 1.28. The van der Waals surface area contributed by atoms with E-state index in [1.165, 1.54) is 11.3 Å². The summed E-state index contributed by atoms with van der Waals surface area (Å²) < 4.78 is 18.6. The van der Waals surface area contributed by atoms with Crippen molar-refractivity contribution in [3.05, 3.63) is 90.6 Å². The first kappa shape index (κ1) is 24.5.